The standard InChI is InChI=1S/C11H7ClN2O2S/c12-11-7-8(5-6-13-11)17-10-4-2-1-3-9(10)14(15)16/h1-7H. The van der Waals surface area contributed by atoms with E-state index in [0.717, 1.165) is 4.90 Å². The van der Waals surface area contributed by atoms with Gasteiger partial charge >= 0.3 is 0 Å². The van der Waals surface area contributed by atoms with E-state index >= 15 is 0 Å². The van der Waals surface area contributed by atoms with Gasteiger partial charge < -0.3 is 0 Å². The van der Waals surface area contributed by atoms with E-state index in [1.807, 2.05) is 0 Å². The Morgan fingerprint density at radius 1 is 1.29 bits per heavy atom. The molecule has 2 aromatic rings. The number of para-hydroxylation sites is 1. The van der Waals surface area contributed by atoms with Crippen LogP contribution in [0, 0.1) is 10.1 Å². The largest absolute Gasteiger partial charge is 0.283 e. The van der Waals surface area contributed by atoms with Crippen molar-refractivity contribution in [2.24, 2.45) is 0 Å². The van der Waals surface area contributed by atoms with Gasteiger partial charge in [-0.1, -0.05) is 35.5 Å². The molecule has 0 bridgehead atoms. The van der Waals surface area contributed by atoms with E-state index < -0.39 is 4.92 Å². The molecule has 1 heterocycles. The molecule has 0 unspecified atom stereocenters. The van der Waals surface area contributed by atoms with E-state index in [2.05, 4.69) is 4.98 Å². The van der Waals surface area contributed by atoms with Gasteiger partial charge in [0.15, 0.2) is 0 Å². The van der Waals surface area contributed by atoms with Gasteiger partial charge in [-0.25, -0.2) is 4.98 Å². The zero-order chi connectivity index (χ0) is 12.3. The number of aromatic nitrogens is 1. The minimum Gasteiger partial charge on any atom is -0.258 e. The van der Waals surface area contributed by atoms with E-state index in [-0.39, 0.29) is 5.69 Å². The second-order valence-corrected chi connectivity index (χ2v) is 4.64. The van der Waals surface area contributed by atoms with E-state index in [4.69, 9.17) is 11.6 Å². The molecule has 1 aromatic carbocycles. The molecular weight excluding hydrogens is 260 g/mol. The molecule has 0 aliphatic rings. The van der Waals surface area contributed by atoms with Gasteiger partial charge in [0.1, 0.15) is 5.15 Å². The lowest BCUT2D eigenvalue weighted by atomic mass is 10.3. The molecule has 17 heavy (non-hydrogen) atoms. The molecule has 0 aliphatic heterocycles. The molecule has 0 N–H and O–H groups in total. The van der Waals surface area contributed by atoms with Crippen molar-refractivity contribution in [2.45, 2.75) is 9.79 Å². The van der Waals surface area contributed by atoms with Gasteiger partial charge in [0, 0.05) is 17.2 Å². The fourth-order valence-electron chi connectivity index (χ4n) is 1.27. The third kappa shape index (κ3) is 2.95. The van der Waals surface area contributed by atoms with Gasteiger partial charge in [-0.3, -0.25) is 10.1 Å². The number of halogens is 1. The van der Waals surface area contributed by atoms with E-state index in [1.54, 1.807) is 36.5 Å². The topological polar surface area (TPSA) is 56.0 Å². The van der Waals surface area contributed by atoms with Crippen molar-refractivity contribution in [1.82, 2.24) is 4.98 Å². The summed E-state index contributed by atoms with van der Waals surface area (Å²) in [6.07, 6.45) is 1.57. The van der Waals surface area contributed by atoms with Gasteiger partial charge in [-0.05, 0) is 18.2 Å². The van der Waals surface area contributed by atoms with Crippen molar-refractivity contribution in [2.75, 3.05) is 0 Å². The van der Waals surface area contributed by atoms with Crippen molar-refractivity contribution in [3.63, 3.8) is 0 Å². The molecule has 1 aromatic heterocycles. The van der Waals surface area contributed by atoms with Gasteiger partial charge in [0.05, 0.1) is 9.82 Å². The van der Waals surface area contributed by atoms with Crippen molar-refractivity contribution in [3.05, 3.63) is 57.9 Å². The number of hydrogen-bond acceptors (Lipinski definition) is 4. The molecule has 6 heteroatoms. The van der Waals surface area contributed by atoms with E-state index in [0.29, 0.717) is 10.0 Å². The maximum atomic E-state index is 10.8. The van der Waals surface area contributed by atoms with Crippen molar-refractivity contribution >= 4 is 29.1 Å². The lowest BCUT2D eigenvalue weighted by molar-refractivity contribution is -0.387. The van der Waals surface area contributed by atoms with Crippen LogP contribution in [-0.4, -0.2) is 9.91 Å². The Morgan fingerprint density at radius 3 is 2.76 bits per heavy atom. The zero-order valence-corrected chi connectivity index (χ0v) is 10.1. The van der Waals surface area contributed by atoms with Gasteiger partial charge in [0.2, 0.25) is 0 Å². The molecule has 0 radical (unpaired) electrons. The third-order valence-electron chi connectivity index (χ3n) is 1.99. The first-order valence-electron chi connectivity index (χ1n) is 4.69. The lowest BCUT2D eigenvalue weighted by Gasteiger charge is -2.02. The van der Waals surface area contributed by atoms with Crippen LogP contribution in [0.5, 0.6) is 0 Å². The summed E-state index contributed by atoms with van der Waals surface area (Å²) in [6.45, 7) is 0. The Hall–Kier alpha value is -1.59. The molecular formula is C11H7ClN2O2S. The SMILES string of the molecule is O=[N+]([O-])c1ccccc1Sc1ccnc(Cl)c1. The molecule has 0 saturated carbocycles. The van der Waals surface area contributed by atoms with Crippen LogP contribution in [0.4, 0.5) is 5.69 Å². The number of hydrogen-bond donors (Lipinski definition) is 0. The first kappa shape index (κ1) is 11.9. The minimum atomic E-state index is -0.398. The summed E-state index contributed by atoms with van der Waals surface area (Å²) in [5.41, 5.74) is 0.0884. The Balaban J connectivity index is 2.33. The third-order valence-corrected chi connectivity index (χ3v) is 3.25. The first-order chi connectivity index (χ1) is 8.16. The molecule has 2 rings (SSSR count). The quantitative estimate of drug-likeness (QED) is 0.482. The van der Waals surface area contributed by atoms with Gasteiger partial charge in [-0.15, -0.1) is 0 Å². The molecule has 0 aliphatic carbocycles. The predicted octanol–water partition coefficient (Wildman–Crippen LogP) is 3.79. The fraction of sp³-hybridized carbons (Fsp3) is 0. The van der Waals surface area contributed by atoms with Crippen LogP contribution in [-0.2, 0) is 0 Å². The number of benzene rings is 1. The van der Waals surface area contributed by atoms with Crippen molar-refractivity contribution < 1.29 is 4.92 Å². The van der Waals surface area contributed by atoms with Gasteiger partial charge in [0.25, 0.3) is 5.69 Å². The van der Waals surface area contributed by atoms with Crippen LogP contribution in [0.3, 0.4) is 0 Å². The van der Waals surface area contributed by atoms with Crippen LogP contribution in [0.25, 0.3) is 0 Å². The second-order valence-electron chi connectivity index (χ2n) is 3.14. The molecule has 0 fully saturated rings. The summed E-state index contributed by atoms with van der Waals surface area (Å²) < 4.78 is 0. The van der Waals surface area contributed by atoms with Crippen molar-refractivity contribution in [1.29, 1.82) is 0 Å². The first-order valence-corrected chi connectivity index (χ1v) is 5.89. The smallest absolute Gasteiger partial charge is 0.258 e. The molecule has 0 amide bonds. The zero-order valence-electron chi connectivity index (χ0n) is 8.54. The molecule has 0 atom stereocenters. The fourth-order valence-corrected chi connectivity index (χ4v) is 2.46. The van der Waals surface area contributed by atoms with E-state index in [1.165, 1.54) is 17.8 Å². The summed E-state index contributed by atoms with van der Waals surface area (Å²) in [6, 6.07) is 10.0. The summed E-state index contributed by atoms with van der Waals surface area (Å²) in [5, 5.41) is 11.2. The highest BCUT2D eigenvalue weighted by molar-refractivity contribution is 7.99. The average molecular weight is 267 g/mol. The monoisotopic (exact) mass is 266 g/mol. The number of nitro groups is 1. The predicted molar refractivity (Wildman–Crippen MR) is 66.5 cm³/mol. The highest BCUT2D eigenvalue weighted by Gasteiger charge is 2.13. The van der Waals surface area contributed by atoms with Crippen LogP contribution in [0.1, 0.15) is 0 Å². The highest BCUT2D eigenvalue weighted by Crippen LogP contribution is 2.34. The van der Waals surface area contributed by atoms with Crippen molar-refractivity contribution in [3.8, 4) is 0 Å². The minimum absolute atomic E-state index is 0.0884. The number of rotatable bonds is 3. The normalized spacial score (nSPS) is 10.2. The lowest BCUT2D eigenvalue weighted by Crippen LogP contribution is -1.90. The number of nitro benzene ring substituents is 1. The Morgan fingerprint density at radius 2 is 2.06 bits per heavy atom. The molecule has 86 valence electrons. The molecule has 0 saturated heterocycles. The summed E-state index contributed by atoms with van der Waals surface area (Å²) in [5.74, 6) is 0. The summed E-state index contributed by atoms with van der Waals surface area (Å²) in [4.78, 5) is 15.7. The highest BCUT2D eigenvalue weighted by atomic mass is 35.5. The second kappa shape index (κ2) is 5.16. The van der Waals surface area contributed by atoms with Crippen LogP contribution >= 0.6 is 23.4 Å². The number of nitrogens with zero attached hydrogens (tertiary/aromatic N) is 2. The van der Waals surface area contributed by atoms with E-state index in [9.17, 15) is 10.1 Å². The van der Waals surface area contributed by atoms with Crippen LogP contribution < -0.4 is 0 Å². The Labute approximate surface area is 107 Å². The van der Waals surface area contributed by atoms with Crippen LogP contribution in [0.15, 0.2) is 52.4 Å². The summed E-state index contributed by atoms with van der Waals surface area (Å²) in [7, 11) is 0. The Bertz CT molecular complexity index is 563. The average Bonchev–Trinajstić information content (AvgIpc) is 2.29. The Kier molecular flexibility index (Phi) is 3.61. The molecule has 0 spiro atoms. The maximum Gasteiger partial charge on any atom is 0.283 e. The van der Waals surface area contributed by atoms with Gasteiger partial charge in [-0.2, -0.15) is 0 Å². The summed E-state index contributed by atoms with van der Waals surface area (Å²) >= 11 is 7.05. The maximum absolute atomic E-state index is 10.8. The number of pyridine rings is 1. The van der Waals surface area contributed by atoms with Crippen LogP contribution in [0.2, 0.25) is 5.15 Å². The molecule has 4 nitrogen and oxygen atoms in total.